The van der Waals surface area contributed by atoms with E-state index in [2.05, 4.69) is 20.8 Å². The van der Waals surface area contributed by atoms with Crippen molar-refractivity contribution in [3.63, 3.8) is 0 Å². The molecule has 0 spiro atoms. The largest absolute Gasteiger partial charge is 0.414 e. The van der Waals surface area contributed by atoms with Crippen molar-refractivity contribution < 1.29 is 23.6 Å². The number of ether oxygens (including phenoxy) is 1. The van der Waals surface area contributed by atoms with Gasteiger partial charge in [-0.15, -0.1) is 21.5 Å². The molecule has 3 rings (SSSR count). The van der Waals surface area contributed by atoms with Crippen molar-refractivity contribution in [2.45, 2.75) is 38.3 Å². The number of aromatic nitrogens is 2. The predicted octanol–water partition coefficient (Wildman–Crippen LogP) is 0.598. The fourth-order valence-electron chi connectivity index (χ4n) is 3.21. The third-order valence-electron chi connectivity index (χ3n) is 4.61. The summed E-state index contributed by atoms with van der Waals surface area (Å²) >= 11 is 1.52. The zero-order valence-electron chi connectivity index (χ0n) is 15.9. The molecule has 2 aromatic heterocycles. The van der Waals surface area contributed by atoms with Crippen molar-refractivity contribution in [3.8, 4) is 10.8 Å². The van der Waals surface area contributed by atoms with Crippen LogP contribution in [0.1, 0.15) is 31.6 Å². The Morgan fingerprint density at radius 3 is 2.89 bits per heavy atom. The molecular weight excluding hydrogens is 382 g/mol. The Bertz CT molecular complexity index is 758. The molecule has 10 heteroatoms. The Morgan fingerprint density at radius 1 is 1.36 bits per heavy atom. The van der Waals surface area contributed by atoms with Gasteiger partial charge in [0.1, 0.15) is 6.54 Å². The Balaban J connectivity index is 1.52. The van der Waals surface area contributed by atoms with Crippen LogP contribution < -0.4 is 15.5 Å². The summed E-state index contributed by atoms with van der Waals surface area (Å²) in [4.78, 5) is 26.0. The highest BCUT2D eigenvalue weighted by Gasteiger charge is 2.22. The number of urea groups is 1. The first-order valence-electron chi connectivity index (χ1n) is 9.43. The molecule has 9 nitrogen and oxygen atoms in total. The number of quaternary nitrogens is 1. The van der Waals surface area contributed by atoms with Gasteiger partial charge in [0.25, 0.3) is 17.7 Å². The number of methoxy groups -OCH3 is 1. The minimum atomic E-state index is -0.430. The van der Waals surface area contributed by atoms with Gasteiger partial charge in [-0.1, -0.05) is 18.9 Å². The summed E-state index contributed by atoms with van der Waals surface area (Å²) in [6.07, 6.45) is 4.17. The van der Waals surface area contributed by atoms with Crippen LogP contribution in [0.2, 0.25) is 0 Å². The van der Waals surface area contributed by atoms with E-state index in [4.69, 9.17) is 9.15 Å². The second kappa shape index (κ2) is 10.3. The van der Waals surface area contributed by atoms with Crippen LogP contribution in [0.15, 0.2) is 21.9 Å². The molecule has 1 fully saturated rings. The molecule has 3 amide bonds. The first-order chi connectivity index (χ1) is 13.6. The molecule has 0 aliphatic heterocycles. The zero-order chi connectivity index (χ0) is 19.8. The van der Waals surface area contributed by atoms with Gasteiger partial charge in [0.2, 0.25) is 0 Å². The van der Waals surface area contributed by atoms with E-state index in [0.717, 1.165) is 35.5 Å². The topological polar surface area (TPSA) is 111 Å². The summed E-state index contributed by atoms with van der Waals surface area (Å²) < 4.78 is 10.8. The van der Waals surface area contributed by atoms with Crippen LogP contribution >= 0.6 is 11.3 Å². The van der Waals surface area contributed by atoms with Crippen molar-refractivity contribution in [3.05, 3.63) is 23.4 Å². The standard InChI is InChI=1S/C18H25N5O4S/c1-26-9-8-23(11-15(24)20-18(25)19-13-5-2-3-6-13)12-16-21-22-17(27-16)14-7-4-10-28-14/h4,7,10,13H,2-3,5-6,8-9,11-12H2,1H3,(H2,19,20,24,25)/p+1. The highest BCUT2D eigenvalue weighted by atomic mass is 32.1. The monoisotopic (exact) mass is 408 g/mol. The van der Waals surface area contributed by atoms with E-state index in [9.17, 15) is 9.59 Å². The number of carbonyl (C=O) groups excluding carboxylic acids is 2. The third kappa shape index (κ3) is 6.11. The minimum Gasteiger partial charge on any atom is -0.414 e. The van der Waals surface area contributed by atoms with Gasteiger partial charge in [-0.25, -0.2) is 4.79 Å². The minimum absolute atomic E-state index is 0.109. The maximum atomic E-state index is 12.3. The Kier molecular flexibility index (Phi) is 7.52. The lowest BCUT2D eigenvalue weighted by molar-refractivity contribution is -0.907. The van der Waals surface area contributed by atoms with Gasteiger partial charge in [-0.2, -0.15) is 0 Å². The summed E-state index contributed by atoms with van der Waals surface area (Å²) in [5.74, 6) is 0.564. The molecular formula is C18H26N5O4S+. The van der Waals surface area contributed by atoms with Gasteiger partial charge in [0, 0.05) is 13.2 Å². The fraction of sp³-hybridized carbons (Fsp3) is 0.556. The Labute approximate surface area is 167 Å². The predicted molar refractivity (Wildman–Crippen MR) is 103 cm³/mol. The normalized spacial score (nSPS) is 15.5. The quantitative estimate of drug-likeness (QED) is 0.560. The molecule has 2 heterocycles. The van der Waals surface area contributed by atoms with Gasteiger partial charge in [0.05, 0.1) is 11.5 Å². The van der Waals surface area contributed by atoms with Gasteiger partial charge >= 0.3 is 6.03 Å². The zero-order valence-corrected chi connectivity index (χ0v) is 16.7. The molecule has 0 radical (unpaired) electrons. The van der Waals surface area contributed by atoms with Crippen LogP contribution in [-0.2, 0) is 16.1 Å². The number of hydrogen-bond donors (Lipinski definition) is 3. The second-order valence-electron chi connectivity index (χ2n) is 6.83. The number of thiophene rings is 1. The molecule has 152 valence electrons. The van der Waals surface area contributed by atoms with Crippen molar-refractivity contribution >= 4 is 23.3 Å². The van der Waals surface area contributed by atoms with Crippen LogP contribution in [0.5, 0.6) is 0 Å². The van der Waals surface area contributed by atoms with E-state index in [1.807, 2.05) is 17.5 Å². The summed E-state index contributed by atoms with van der Waals surface area (Å²) in [6, 6.07) is 3.56. The Hall–Kier alpha value is -2.30. The summed E-state index contributed by atoms with van der Waals surface area (Å²) in [7, 11) is 1.61. The number of rotatable bonds is 9. The van der Waals surface area contributed by atoms with Gasteiger partial charge in [0.15, 0.2) is 13.1 Å². The second-order valence-corrected chi connectivity index (χ2v) is 7.78. The summed E-state index contributed by atoms with van der Waals surface area (Å²) in [5.41, 5.74) is 0. The summed E-state index contributed by atoms with van der Waals surface area (Å²) in [6.45, 7) is 1.53. The van der Waals surface area contributed by atoms with Crippen molar-refractivity contribution in [1.82, 2.24) is 20.8 Å². The van der Waals surface area contributed by atoms with Gasteiger partial charge in [-0.05, 0) is 24.3 Å². The molecule has 1 saturated carbocycles. The average Bonchev–Trinajstić information content (AvgIpc) is 3.41. The van der Waals surface area contributed by atoms with Crippen LogP contribution in [0.25, 0.3) is 10.8 Å². The van der Waals surface area contributed by atoms with Crippen LogP contribution in [0, 0.1) is 0 Å². The fourth-order valence-corrected chi connectivity index (χ4v) is 3.86. The summed E-state index contributed by atoms with van der Waals surface area (Å²) in [5, 5.41) is 15.3. The molecule has 1 aliphatic rings. The van der Waals surface area contributed by atoms with E-state index < -0.39 is 6.03 Å². The first-order valence-corrected chi connectivity index (χ1v) is 10.3. The van der Waals surface area contributed by atoms with E-state index in [-0.39, 0.29) is 18.5 Å². The Morgan fingerprint density at radius 2 is 2.18 bits per heavy atom. The number of carbonyl (C=O) groups is 2. The van der Waals surface area contributed by atoms with Gasteiger partial charge < -0.3 is 19.4 Å². The van der Waals surface area contributed by atoms with Crippen LogP contribution in [0.4, 0.5) is 4.79 Å². The highest BCUT2D eigenvalue weighted by Crippen LogP contribution is 2.22. The number of nitrogens with zero attached hydrogens (tertiary/aromatic N) is 2. The van der Waals surface area contributed by atoms with E-state index in [0.29, 0.717) is 31.5 Å². The highest BCUT2D eigenvalue weighted by molar-refractivity contribution is 7.13. The van der Waals surface area contributed by atoms with Crippen molar-refractivity contribution in [2.24, 2.45) is 0 Å². The third-order valence-corrected chi connectivity index (χ3v) is 5.47. The molecule has 1 atom stereocenters. The molecule has 28 heavy (non-hydrogen) atoms. The maximum absolute atomic E-state index is 12.3. The van der Waals surface area contributed by atoms with E-state index in [1.165, 1.54) is 11.3 Å². The number of hydrogen-bond acceptors (Lipinski definition) is 7. The number of amides is 3. The number of imide groups is 1. The molecule has 3 N–H and O–H groups in total. The lowest BCUT2D eigenvalue weighted by atomic mass is 10.2. The lowest BCUT2D eigenvalue weighted by Crippen LogP contribution is -3.12. The SMILES string of the molecule is COCC[NH+](CC(=O)NC(=O)NC1CCCC1)Cc1nnc(-c2cccs2)o1. The molecule has 0 saturated heterocycles. The smallest absolute Gasteiger partial charge is 0.321 e. The average molecular weight is 409 g/mol. The van der Waals surface area contributed by atoms with Gasteiger partial charge in [-0.3, -0.25) is 10.1 Å². The maximum Gasteiger partial charge on any atom is 0.321 e. The first kappa shape index (κ1) is 20.4. The molecule has 0 aromatic carbocycles. The van der Waals surface area contributed by atoms with E-state index in [1.54, 1.807) is 7.11 Å². The molecule has 1 unspecified atom stereocenters. The number of nitrogens with one attached hydrogen (secondary N) is 3. The molecule has 1 aliphatic carbocycles. The van der Waals surface area contributed by atoms with Crippen LogP contribution in [-0.4, -0.2) is 55.0 Å². The van der Waals surface area contributed by atoms with Crippen LogP contribution in [0.3, 0.4) is 0 Å². The molecule has 0 bridgehead atoms. The van der Waals surface area contributed by atoms with E-state index >= 15 is 0 Å². The lowest BCUT2D eigenvalue weighted by Gasteiger charge is -2.17. The van der Waals surface area contributed by atoms with Crippen molar-refractivity contribution in [1.29, 1.82) is 0 Å². The van der Waals surface area contributed by atoms with Crippen molar-refractivity contribution in [2.75, 3.05) is 26.8 Å². The molecule has 2 aromatic rings.